The van der Waals surface area contributed by atoms with E-state index in [9.17, 15) is 0 Å². The van der Waals surface area contributed by atoms with Gasteiger partial charge in [-0.05, 0) is 76.9 Å². The third-order valence-electron chi connectivity index (χ3n) is 11.0. The maximum absolute atomic E-state index is 6.71. The summed E-state index contributed by atoms with van der Waals surface area (Å²) in [4.78, 5) is 4.91. The molecule has 0 atom stereocenters. The van der Waals surface area contributed by atoms with Gasteiger partial charge >= 0.3 is 0 Å². The summed E-state index contributed by atoms with van der Waals surface area (Å²) in [5, 5.41) is 9.16. The number of hydrogen-bond donors (Lipinski definition) is 0. The van der Waals surface area contributed by atoms with Crippen molar-refractivity contribution in [2.45, 2.75) is 6.54 Å². The van der Waals surface area contributed by atoms with Crippen molar-refractivity contribution < 1.29 is 13.3 Å². The van der Waals surface area contributed by atoms with E-state index in [-0.39, 0.29) is 0 Å². The minimum Gasteiger partial charge on any atom is -0.456 e. The van der Waals surface area contributed by atoms with Crippen LogP contribution in [0.3, 0.4) is 0 Å². The second-order valence-electron chi connectivity index (χ2n) is 14.2. The molecule has 0 unspecified atom stereocenters. The molecule has 4 heterocycles. The number of furan rings is 3. The first-order chi connectivity index (χ1) is 27.2. The van der Waals surface area contributed by atoms with Gasteiger partial charge in [-0.2, -0.15) is 0 Å². The van der Waals surface area contributed by atoms with Gasteiger partial charge in [-0.15, -0.1) is 11.3 Å². The largest absolute Gasteiger partial charge is 0.456 e. The van der Waals surface area contributed by atoms with Gasteiger partial charge in [0.25, 0.3) is 0 Å². The molecule has 0 bridgehead atoms. The molecule has 0 saturated heterocycles. The standard InChI is InChI=1S/C50H29NO3S/c1-4-12-41-35(9-1)36-19-16-29(24-45(36)53-41)27-51-28-32-8-7-14-44-48(32)40-25-30(18-23-43(40)52-44)33-21-22-34(50-49(33)39-11-2-5-13-42(39)54-50)31-17-20-38-37-10-3-6-15-46(37)55-47(38)26-31/h1-26,28H,27H2. The topological polar surface area (TPSA) is 51.8 Å². The predicted octanol–water partition coefficient (Wildman–Crippen LogP) is 14.7. The molecule has 0 aliphatic rings. The molecule has 258 valence electrons. The van der Waals surface area contributed by atoms with Gasteiger partial charge < -0.3 is 13.3 Å². The van der Waals surface area contributed by atoms with E-state index in [1.165, 1.54) is 20.2 Å². The summed E-state index contributed by atoms with van der Waals surface area (Å²) in [5.74, 6) is 0. The number of para-hydroxylation sites is 2. The Morgan fingerprint density at radius 2 is 1.11 bits per heavy atom. The highest BCUT2D eigenvalue weighted by Crippen LogP contribution is 2.44. The zero-order chi connectivity index (χ0) is 36.0. The normalized spacial score (nSPS) is 12.4. The Balaban J connectivity index is 0.961. The maximum atomic E-state index is 6.71. The van der Waals surface area contributed by atoms with Crippen LogP contribution in [0.4, 0.5) is 0 Å². The molecule has 12 aromatic rings. The second-order valence-corrected chi connectivity index (χ2v) is 15.3. The number of benzene rings is 8. The first kappa shape index (κ1) is 30.5. The smallest absolute Gasteiger partial charge is 0.143 e. The Bertz CT molecular complexity index is 3540. The first-order valence-corrected chi connectivity index (χ1v) is 19.3. The van der Waals surface area contributed by atoms with Gasteiger partial charge in [-0.25, -0.2) is 0 Å². The number of fused-ring (bicyclic) bond motifs is 12. The summed E-state index contributed by atoms with van der Waals surface area (Å²) >= 11 is 1.84. The molecule has 0 amide bonds. The predicted molar refractivity (Wildman–Crippen MR) is 230 cm³/mol. The van der Waals surface area contributed by atoms with Crippen molar-refractivity contribution >= 4 is 104 Å². The molecule has 5 heteroatoms. The van der Waals surface area contributed by atoms with Gasteiger partial charge in [-0.1, -0.05) is 103 Å². The molecule has 8 aromatic carbocycles. The molecule has 0 N–H and O–H groups in total. The van der Waals surface area contributed by atoms with Crippen molar-refractivity contribution in [3.8, 4) is 22.3 Å². The fourth-order valence-corrected chi connectivity index (χ4v) is 9.58. The van der Waals surface area contributed by atoms with Gasteiger partial charge in [0.05, 0.1) is 6.54 Å². The molecule has 55 heavy (non-hydrogen) atoms. The van der Waals surface area contributed by atoms with Crippen molar-refractivity contribution in [2.75, 3.05) is 0 Å². The van der Waals surface area contributed by atoms with E-state index in [1.807, 2.05) is 53.9 Å². The van der Waals surface area contributed by atoms with Crippen molar-refractivity contribution in [1.29, 1.82) is 0 Å². The van der Waals surface area contributed by atoms with Crippen LogP contribution in [0.2, 0.25) is 0 Å². The van der Waals surface area contributed by atoms with Gasteiger partial charge in [0.2, 0.25) is 0 Å². The number of nitrogens with zero attached hydrogens (tertiary/aromatic N) is 1. The van der Waals surface area contributed by atoms with Gasteiger partial charge in [-0.3, -0.25) is 4.99 Å². The monoisotopic (exact) mass is 723 g/mol. The second kappa shape index (κ2) is 11.8. The molecular formula is C50H29NO3S. The molecule has 0 saturated carbocycles. The number of hydrogen-bond acceptors (Lipinski definition) is 5. The first-order valence-electron chi connectivity index (χ1n) is 18.5. The molecule has 0 aliphatic carbocycles. The molecule has 0 fully saturated rings. The molecule has 12 rings (SSSR count). The van der Waals surface area contributed by atoms with E-state index in [0.717, 1.165) is 99.2 Å². The van der Waals surface area contributed by atoms with Crippen LogP contribution in [0.25, 0.3) is 108 Å². The number of thiophene rings is 1. The molecular weight excluding hydrogens is 695 g/mol. The third kappa shape index (κ3) is 4.73. The van der Waals surface area contributed by atoms with Crippen LogP contribution in [-0.4, -0.2) is 6.21 Å². The minimum atomic E-state index is 0.540. The Kier molecular flexibility index (Phi) is 6.53. The van der Waals surface area contributed by atoms with Gasteiger partial charge in [0.15, 0.2) is 0 Å². The summed E-state index contributed by atoms with van der Waals surface area (Å²) in [6, 6.07) is 55.4. The molecule has 0 radical (unpaired) electrons. The fraction of sp³-hybridized carbons (Fsp3) is 0.0200. The van der Waals surface area contributed by atoms with E-state index in [0.29, 0.717) is 6.54 Å². The lowest BCUT2D eigenvalue weighted by Crippen LogP contribution is -1.87. The highest BCUT2D eigenvalue weighted by atomic mass is 32.1. The van der Waals surface area contributed by atoms with Gasteiger partial charge in [0.1, 0.15) is 33.5 Å². The lowest BCUT2D eigenvalue weighted by Gasteiger charge is -2.09. The van der Waals surface area contributed by atoms with E-state index < -0.39 is 0 Å². The Morgan fingerprint density at radius 1 is 0.436 bits per heavy atom. The highest BCUT2D eigenvalue weighted by molar-refractivity contribution is 7.25. The van der Waals surface area contributed by atoms with Crippen molar-refractivity contribution in [2.24, 2.45) is 4.99 Å². The average Bonchev–Trinajstić information content (AvgIpc) is 4.00. The van der Waals surface area contributed by atoms with E-state index >= 15 is 0 Å². The SMILES string of the molecule is C(=NCc1ccc2c(c1)oc1ccccc12)c1cccc2oc3ccc(-c4ccc(-c5ccc6c(c5)sc5ccccc56)c5oc6ccccc6c45)cc3c12. The lowest BCUT2D eigenvalue weighted by molar-refractivity contribution is 0.668. The molecule has 0 spiro atoms. The lowest BCUT2D eigenvalue weighted by atomic mass is 9.93. The summed E-state index contributed by atoms with van der Waals surface area (Å²) in [6.45, 7) is 0.540. The van der Waals surface area contributed by atoms with Crippen LogP contribution in [-0.2, 0) is 6.54 Å². The van der Waals surface area contributed by atoms with Crippen LogP contribution in [0.1, 0.15) is 11.1 Å². The van der Waals surface area contributed by atoms with Crippen molar-refractivity contribution in [3.63, 3.8) is 0 Å². The molecule has 4 nitrogen and oxygen atoms in total. The van der Waals surface area contributed by atoms with E-state index in [2.05, 4.69) is 121 Å². The fourth-order valence-electron chi connectivity index (χ4n) is 8.44. The molecule has 4 aromatic heterocycles. The van der Waals surface area contributed by atoms with Gasteiger partial charge in [0, 0.05) is 69.8 Å². The summed E-state index contributed by atoms with van der Waals surface area (Å²) in [7, 11) is 0. The van der Waals surface area contributed by atoms with Crippen LogP contribution in [0, 0.1) is 0 Å². The van der Waals surface area contributed by atoms with Crippen LogP contribution >= 0.6 is 11.3 Å². The highest BCUT2D eigenvalue weighted by Gasteiger charge is 2.19. The Labute approximate surface area is 318 Å². The van der Waals surface area contributed by atoms with Crippen LogP contribution < -0.4 is 0 Å². The third-order valence-corrected chi connectivity index (χ3v) is 12.1. The van der Waals surface area contributed by atoms with Crippen molar-refractivity contribution in [3.05, 3.63) is 169 Å². The Morgan fingerprint density at radius 3 is 2.04 bits per heavy atom. The number of aliphatic imine (C=N–C) groups is 1. The Hall–Kier alpha value is -6.95. The summed E-state index contributed by atoms with van der Waals surface area (Å²) in [5.41, 5.74) is 11.8. The number of rotatable bonds is 5. The minimum absolute atomic E-state index is 0.540. The van der Waals surface area contributed by atoms with E-state index in [1.54, 1.807) is 0 Å². The van der Waals surface area contributed by atoms with Crippen LogP contribution in [0.15, 0.2) is 176 Å². The molecule has 0 aliphatic heterocycles. The summed E-state index contributed by atoms with van der Waals surface area (Å²) < 4.78 is 21.8. The van der Waals surface area contributed by atoms with E-state index in [4.69, 9.17) is 18.2 Å². The maximum Gasteiger partial charge on any atom is 0.143 e. The van der Waals surface area contributed by atoms with Crippen molar-refractivity contribution in [1.82, 2.24) is 0 Å². The zero-order valence-corrected chi connectivity index (χ0v) is 30.2. The summed E-state index contributed by atoms with van der Waals surface area (Å²) in [6.07, 6.45) is 1.97. The van der Waals surface area contributed by atoms with Crippen LogP contribution in [0.5, 0.6) is 0 Å². The zero-order valence-electron chi connectivity index (χ0n) is 29.4. The quantitative estimate of drug-likeness (QED) is 0.166. The average molecular weight is 724 g/mol.